The van der Waals surface area contributed by atoms with Crippen molar-refractivity contribution >= 4 is 23.5 Å². The molecule has 0 bridgehead atoms. The predicted octanol–water partition coefficient (Wildman–Crippen LogP) is 7.71. The van der Waals surface area contributed by atoms with E-state index in [2.05, 4.69) is 10.3 Å². The number of hydrogen-bond acceptors (Lipinski definition) is 5. The Hall–Kier alpha value is -4.33. The van der Waals surface area contributed by atoms with Gasteiger partial charge in [-0.15, -0.1) is 0 Å². The fraction of sp³-hybridized carbons (Fsp3) is 0.214. The second kappa shape index (κ2) is 12.7. The van der Waals surface area contributed by atoms with Crippen LogP contribution in [0.2, 0.25) is 0 Å². The van der Waals surface area contributed by atoms with Crippen molar-refractivity contribution in [3.8, 4) is 34.0 Å². The van der Waals surface area contributed by atoms with Crippen LogP contribution in [-0.2, 0) is 12.4 Å². The number of anilines is 1. The normalized spacial score (nSPS) is 11.7. The van der Waals surface area contributed by atoms with Crippen LogP contribution in [0.4, 0.5) is 36.8 Å². The number of carbonyl (C=O) groups excluding carboxylic acids is 1. The molecule has 1 aromatic heterocycles. The van der Waals surface area contributed by atoms with Crippen molar-refractivity contribution in [3.05, 3.63) is 77.9 Å². The Morgan fingerprint density at radius 3 is 1.86 bits per heavy atom. The molecule has 7 nitrogen and oxygen atoms in total. The minimum atomic E-state index is -5.02. The van der Waals surface area contributed by atoms with Crippen molar-refractivity contribution in [2.45, 2.75) is 17.5 Å². The molecule has 14 heteroatoms. The highest BCUT2D eigenvalue weighted by molar-refractivity contribution is 7.99. The maximum atomic E-state index is 13.1. The fourth-order valence-electron chi connectivity index (χ4n) is 3.86. The summed E-state index contributed by atoms with van der Waals surface area (Å²) in [7, 11) is 3.13. The first kappa shape index (κ1) is 30.6. The van der Waals surface area contributed by atoms with Crippen molar-refractivity contribution < 1.29 is 40.6 Å². The summed E-state index contributed by atoms with van der Waals surface area (Å²) in [5.41, 5.74) is -0.620. The third kappa shape index (κ3) is 7.69. The molecule has 0 saturated heterocycles. The Morgan fingerprint density at radius 2 is 1.36 bits per heavy atom. The van der Waals surface area contributed by atoms with Crippen LogP contribution in [0.15, 0.2) is 71.9 Å². The molecule has 0 aliphatic heterocycles. The molecule has 3 N–H and O–H groups in total. The monoisotopic (exact) mass is 610 g/mol. The van der Waals surface area contributed by atoms with Gasteiger partial charge >= 0.3 is 18.4 Å². The van der Waals surface area contributed by atoms with Gasteiger partial charge in [-0.3, -0.25) is 0 Å². The first-order chi connectivity index (χ1) is 19.9. The van der Waals surface area contributed by atoms with Gasteiger partial charge in [0.15, 0.2) is 5.16 Å². The van der Waals surface area contributed by atoms with E-state index in [1.165, 1.54) is 11.8 Å². The maximum absolute atomic E-state index is 13.1. The van der Waals surface area contributed by atoms with Gasteiger partial charge in [-0.25, -0.2) is 9.78 Å². The van der Waals surface area contributed by atoms with E-state index in [0.717, 1.165) is 16.8 Å². The number of amides is 2. The number of aromatic nitrogens is 2. The number of benzene rings is 3. The summed E-state index contributed by atoms with van der Waals surface area (Å²) in [5, 5.41) is 4.99. The molecular formula is C28H24F6N4O3S. The van der Waals surface area contributed by atoms with E-state index < -0.39 is 35.2 Å². The van der Waals surface area contributed by atoms with Crippen LogP contribution in [-0.4, -0.2) is 42.5 Å². The van der Waals surface area contributed by atoms with Gasteiger partial charge in [0.1, 0.15) is 11.5 Å². The van der Waals surface area contributed by atoms with Crippen molar-refractivity contribution in [3.63, 3.8) is 0 Å². The minimum absolute atomic E-state index is 0.0104. The average Bonchev–Trinajstić information content (AvgIpc) is 3.38. The number of nitrogens with one attached hydrogen (secondary N) is 3. The smallest absolute Gasteiger partial charge is 0.416 e. The summed E-state index contributed by atoms with van der Waals surface area (Å²) in [6.45, 7) is 0.0397. The molecule has 4 rings (SSSR count). The molecule has 0 fully saturated rings. The van der Waals surface area contributed by atoms with Crippen LogP contribution in [0.5, 0.6) is 11.5 Å². The van der Waals surface area contributed by atoms with Crippen molar-refractivity contribution in [2.24, 2.45) is 0 Å². The number of alkyl halides is 6. The summed E-state index contributed by atoms with van der Waals surface area (Å²) in [6, 6.07) is 14.6. The van der Waals surface area contributed by atoms with Gasteiger partial charge in [0.25, 0.3) is 0 Å². The standard InChI is InChI=1S/C28H24F6N4O3S/c1-40-21-7-3-16(4-8-21)23-24(17-5-9-22(41-2)10-6-17)38-26(37-23)42-12-11-35-25(39)36-20-14-18(27(29,30)31)13-19(15-20)28(32,33)34/h3-10,13-15H,11-12H2,1-2H3,(H,37,38)(H2,35,36,39). The van der Waals surface area contributed by atoms with Gasteiger partial charge in [-0.1, -0.05) is 11.8 Å². The van der Waals surface area contributed by atoms with Gasteiger partial charge in [0.2, 0.25) is 0 Å². The zero-order chi connectivity index (χ0) is 30.5. The molecule has 0 aliphatic carbocycles. The average molecular weight is 611 g/mol. The van der Waals surface area contributed by atoms with Gasteiger partial charge in [0.05, 0.1) is 36.7 Å². The van der Waals surface area contributed by atoms with Gasteiger partial charge in [-0.2, -0.15) is 26.3 Å². The highest BCUT2D eigenvalue weighted by atomic mass is 32.2. The molecule has 3 aromatic carbocycles. The quantitative estimate of drug-likeness (QED) is 0.103. The molecule has 0 spiro atoms. The fourth-order valence-corrected chi connectivity index (χ4v) is 4.59. The molecule has 0 aliphatic rings. The highest BCUT2D eigenvalue weighted by Crippen LogP contribution is 2.38. The van der Waals surface area contributed by atoms with Crippen LogP contribution in [0.1, 0.15) is 11.1 Å². The Bertz CT molecular complexity index is 1420. The summed E-state index contributed by atoms with van der Waals surface area (Å²) >= 11 is 1.26. The van der Waals surface area contributed by atoms with Crippen LogP contribution >= 0.6 is 11.8 Å². The van der Waals surface area contributed by atoms with Crippen LogP contribution in [0.25, 0.3) is 22.5 Å². The number of methoxy groups -OCH3 is 2. The SMILES string of the molecule is COc1ccc(-c2nc(SCCNC(=O)Nc3cc(C(F)(F)F)cc(C(F)(F)F)c3)[nH]c2-c2ccc(OC)cc2)cc1. The Balaban J connectivity index is 1.44. The van der Waals surface area contributed by atoms with E-state index >= 15 is 0 Å². The van der Waals surface area contributed by atoms with Crippen molar-refractivity contribution in [1.82, 2.24) is 15.3 Å². The third-order valence-corrected chi connectivity index (χ3v) is 6.77. The first-order valence-electron chi connectivity index (χ1n) is 12.2. The molecular weight excluding hydrogens is 586 g/mol. The lowest BCUT2D eigenvalue weighted by Gasteiger charge is -2.15. The highest BCUT2D eigenvalue weighted by Gasteiger charge is 2.37. The minimum Gasteiger partial charge on any atom is -0.497 e. The van der Waals surface area contributed by atoms with E-state index in [1.54, 1.807) is 26.4 Å². The Labute approximate surface area is 240 Å². The van der Waals surface area contributed by atoms with E-state index in [1.807, 2.05) is 41.7 Å². The number of halogens is 6. The number of imidazole rings is 1. The summed E-state index contributed by atoms with van der Waals surface area (Å²) in [5.74, 6) is 1.66. The molecule has 0 radical (unpaired) electrons. The lowest BCUT2D eigenvalue weighted by Crippen LogP contribution is -2.30. The second-order valence-corrected chi connectivity index (χ2v) is 9.83. The molecule has 0 unspecified atom stereocenters. The number of H-pyrrole nitrogens is 1. The molecule has 4 aromatic rings. The number of rotatable bonds is 9. The van der Waals surface area contributed by atoms with Crippen molar-refractivity contribution in [1.29, 1.82) is 0 Å². The van der Waals surface area contributed by atoms with E-state index in [-0.39, 0.29) is 12.6 Å². The number of ether oxygens (including phenoxy) is 2. The van der Waals surface area contributed by atoms with E-state index in [9.17, 15) is 31.1 Å². The zero-order valence-electron chi connectivity index (χ0n) is 22.1. The zero-order valence-corrected chi connectivity index (χ0v) is 22.9. The molecule has 0 atom stereocenters. The number of thioether (sulfide) groups is 1. The van der Waals surface area contributed by atoms with E-state index in [0.29, 0.717) is 40.2 Å². The number of aromatic amines is 1. The summed E-state index contributed by atoms with van der Waals surface area (Å²) < 4.78 is 88.9. The third-order valence-electron chi connectivity index (χ3n) is 5.90. The lowest BCUT2D eigenvalue weighted by molar-refractivity contribution is -0.143. The van der Waals surface area contributed by atoms with Crippen LogP contribution in [0, 0.1) is 0 Å². The molecule has 1 heterocycles. The van der Waals surface area contributed by atoms with Gasteiger partial charge in [-0.05, 0) is 66.7 Å². The topological polar surface area (TPSA) is 88.3 Å². The largest absolute Gasteiger partial charge is 0.497 e. The molecule has 42 heavy (non-hydrogen) atoms. The molecule has 2 amide bonds. The maximum Gasteiger partial charge on any atom is 0.416 e. The van der Waals surface area contributed by atoms with E-state index in [4.69, 9.17) is 14.5 Å². The van der Waals surface area contributed by atoms with Gasteiger partial charge < -0.3 is 25.1 Å². The number of carbonyl (C=O) groups is 1. The van der Waals surface area contributed by atoms with Gasteiger partial charge in [0, 0.05) is 29.1 Å². The molecule has 0 saturated carbocycles. The number of hydrogen-bond donors (Lipinski definition) is 3. The van der Waals surface area contributed by atoms with Crippen LogP contribution < -0.4 is 20.1 Å². The van der Waals surface area contributed by atoms with Crippen molar-refractivity contribution in [2.75, 3.05) is 31.8 Å². The summed E-state index contributed by atoms with van der Waals surface area (Å²) in [4.78, 5) is 20.2. The second-order valence-electron chi connectivity index (χ2n) is 8.75. The summed E-state index contributed by atoms with van der Waals surface area (Å²) in [6.07, 6.45) is -10.0. The Kier molecular flexibility index (Phi) is 9.24. The van der Waals surface area contributed by atoms with Crippen LogP contribution in [0.3, 0.4) is 0 Å². The Morgan fingerprint density at radius 1 is 0.833 bits per heavy atom. The number of nitrogens with zero attached hydrogens (tertiary/aromatic N) is 1. The predicted molar refractivity (Wildman–Crippen MR) is 147 cm³/mol. The number of urea groups is 1. The lowest BCUT2D eigenvalue weighted by atomic mass is 10.0. The molecule has 222 valence electrons. The first-order valence-corrected chi connectivity index (χ1v) is 13.2.